The molecule has 3 aliphatic carbocycles. The topological polar surface area (TPSA) is 24.7 Å². The number of rotatable bonds is 8. The Hall–Kier alpha value is -4.04. The number of aliphatic imine (C=N–C) groups is 2. The van der Waals surface area contributed by atoms with Crippen molar-refractivity contribution < 1.29 is 0 Å². The van der Waals surface area contributed by atoms with Crippen LogP contribution in [0.15, 0.2) is 82.8 Å². The van der Waals surface area contributed by atoms with Gasteiger partial charge >= 0.3 is 0 Å². The molecular weight excluding hydrogens is 484 g/mol. The highest BCUT2D eigenvalue weighted by Gasteiger charge is 2.27. The summed E-state index contributed by atoms with van der Waals surface area (Å²) in [4.78, 5) is 10.2. The molecule has 9 rings (SSSR count). The van der Waals surface area contributed by atoms with Crippen LogP contribution in [0, 0.1) is 0 Å². The van der Waals surface area contributed by atoms with Crippen LogP contribution in [-0.4, -0.2) is 11.4 Å². The van der Waals surface area contributed by atoms with Crippen LogP contribution in [0.1, 0.15) is 68.2 Å². The van der Waals surface area contributed by atoms with Crippen LogP contribution in [0.5, 0.6) is 0 Å². The number of hydrogen-bond acceptors (Lipinski definition) is 2. The quantitative estimate of drug-likeness (QED) is 0.197. The van der Waals surface area contributed by atoms with E-state index in [0.717, 1.165) is 47.3 Å². The minimum absolute atomic E-state index is 0.680. The van der Waals surface area contributed by atoms with Gasteiger partial charge in [0, 0.05) is 29.7 Å². The van der Waals surface area contributed by atoms with E-state index in [0.29, 0.717) is 6.42 Å². The van der Waals surface area contributed by atoms with Crippen LogP contribution in [0.25, 0.3) is 33.7 Å². The molecule has 0 amide bonds. The highest BCUT2D eigenvalue weighted by molar-refractivity contribution is 6.28. The lowest BCUT2D eigenvalue weighted by molar-refractivity contribution is 0.795. The van der Waals surface area contributed by atoms with Gasteiger partial charge in [-0.25, -0.2) is 0 Å². The molecule has 4 bridgehead atoms. The lowest BCUT2D eigenvalue weighted by Crippen LogP contribution is -2.43. The van der Waals surface area contributed by atoms with Crippen LogP contribution in [0.3, 0.4) is 0 Å². The third kappa shape index (κ3) is 4.46. The zero-order valence-electron chi connectivity index (χ0n) is 23.5. The third-order valence-corrected chi connectivity index (χ3v) is 8.44. The minimum atomic E-state index is 0.680. The van der Waals surface area contributed by atoms with Crippen LogP contribution >= 0.6 is 0 Å². The normalized spacial score (nSPS) is 16.1. The first kappa shape index (κ1) is 25.0. The summed E-state index contributed by atoms with van der Waals surface area (Å²) >= 11 is 0. The van der Waals surface area contributed by atoms with Crippen molar-refractivity contribution in [3.05, 3.63) is 105 Å². The van der Waals surface area contributed by atoms with E-state index >= 15 is 0 Å². The zero-order chi connectivity index (χ0) is 27.1. The molecule has 0 saturated carbocycles. The maximum atomic E-state index is 5.24. The number of hydrogen-bond donors (Lipinski definition) is 0. The fourth-order valence-corrected chi connectivity index (χ4v) is 6.33. The Kier molecular flexibility index (Phi) is 6.55. The highest BCUT2D eigenvalue weighted by atomic mass is 14.8. The summed E-state index contributed by atoms with van der Waals surface area (Å²) in [6, 6.07) is 26.5. The fourth-order valence-electron chi connectivity index (χ4n) is 6.33. The Morgan fingerprint density at radius 2 is 1.23 bits per heavy atom. The number of unbranched alkanes of at least 4 members (excludes halogenated alkanes) is 2. The van der Waals surface area contributed by atoms with Gasteiger partial charge in [0.15, 0.2) is 0 Å². The summed E-state index contributed by atoms with van der Waals surface area (Å²) in [6.45, 7) is 4.48. The van der Waals surface area contributed by atoms with Gasteiger partial charge in [-0.15, -0.1) is 0 Å². The van der Waals surface area contributed by atoms with Gasteiger partial charge in [0.2, 0.25) is 0 Å². The molecule has 40 heavy (non-hydrogen) atoms. The van der Waals surface area contributed by atoms with Gasteiger partial charge in [-0.3, -0.25) is 9.98 Å². The van der Waals surface area contributed by atoms with E-state index < -0.39 is 0 Å². The molecule has 6 aromatic rings. The van der Waals surface area contributed by atoms with Crippen LogP contribution in [0.2, 0.25) is 0 Å². The number of aryl methyl sites for hydroxylation is 2. The van der Waals surface area contributed by atoms with Crippen LogP contribution in [-0.2, 0) is 19.3 Å². The molecule has 0 atom stereocenters. The maximum absolute atomic E-state index is 5.24. The zero-order valence-corrected chi connectivity index (χ0v) is 23.5. The van der Waals surface area contributed by atoms with E-state index in [2.05, 4.69) is 98.8 Å². The van der Waals surface area contributed by atoms with E-state index in [1.165, 1.54) is 74.7 Å². The van der Waals surface area contributed by atoms with Crippen LogP contribution < -0.4 is 10.4 Å². The van der Waals surface area contributed by atoms with Gasteiger partial charge in [0.05, 0.1) is 22.8 Å². The number of benzene rings is 6. The van der Waals surface area contributed by atoms with Crippen molar-refractivity contribution in [1.29, 1.82) is 0 Å². The summed E-state index contributed by atoms with van der Waals surface area (Å²) in [7, 11) is 0. The van der Waals surface area contributed by atoms with Crippen molar-refractivity contribution in [2.45, 2.75) is 65.2 Å². The van der Waals surface area contributed by atoms with Crippen molar-refractivity contribution >= 4 is 56.5 Å². The van der Waals surface area contributed by atoms with E-state index in [4.69, 9.17) is 9.98 Å². The predicted molar refractivity (Wildman–Crippen MR) is 170 cm³/mol. The highest BCUT2D eigenvalue weighted by Crippen LogP contribution is 2.36. The van der Waals surface area contributed by atoms with Gasteiger partial charge in [-0.1, -0.05) is 75.2 Å². The average molecular weight is 519 g/mol. The van der Waals surface area contributed by atoms with Crippen molar-refractivity contribution in [2.75, 3.05) is 0 Å². The molecular formula is C38H34N2. The largest absolute Gasteiger partial charge is 0.252 e. The first-order chi connectivity index (χ1) is 19.7. The third-order valence-electron chi connectivity index (χ3n) is 8.44. The molecule has 6 aromatic carbocycles. The summed E-state index contributed by atoms with van der Waals surface area (Å²) in [5.41, 5.74) is 9.39. The van der Waals surface area contributed by atoms with Crippen molar-refractivity contribution in [3.8, 4) is 0 Å². The molecule has 2 heteroatoms. The average Bonchev–Trinajstić information content (AvgIpc) is 3.01. The molecule has 0 saturated heterocycles. The van der Waals surface area contributed by atoms with Gasteiger partial charge in [0.1, 0.15) is 0 Å². The molecule has 0 spiro atoms. The molecule has 0 aliphatic heterocycles. The Bertz CT molecular complexity index is 1870. The minimum Gasteiger partial charge on any atom is -0.252 e. The Balaban J connectivity index is 1.35. The Morgan fingerprint density at radius 1 is 0.650 bits per heavy atom. The molecule has 0 heterocycles. The Labute approximate surface area is 236 Å². The lowest BCUT2D eigenvalue weighted by atomic mass is 9.78. The maximum Gasteiger partial charge on any atom is 0.0633 e. The molecule has 2 radical (unpaired) electrons. The lowest BCUT2D eigenvalue weighted by Gasteiger charge is -2.26. The number of nitrogens with zero attached hydrogens (tertiary/aromatic N) is 2. The SMILES string of the molecule is CCCCc1ccc(N=C2[C]=c3c4c5c6ccc(cc6)c5c(c3=[C]C2)CC4=Nc2ccc(CCCC)cc2)cc1. The predicted octanol–water partition coefficient (Wildman–Crippen LogP) is 8.28. The van der Waals surface area contributed by atoms with Gasteiger partial charge in [-0.2, -0.15) is 0 Å². The number of fused-ring (bicyclic) bond motifs is 3. The molecule has 0 N–H and O–H groups in total. The smallest absolute Gasteiger partial charge is 0.0633 e. The fraction of sp³-hybridized carbons (Fsp3) is 0.263. The molecule has 0 fully saturated rings. The first-order valence-corrected chi connectivity index (χ1v) is 14.9. The monoisotopic (exact) mass is 518 g/mol. The first-order valence-electron chi connectivity index (χ1n) is 14.9. The van der Waals surface area contributed by atoms with Crippen molar-refractivity contribution in [2.24, 2.45) is 9.98 Å². The second-order valence-electron chi connectivity index (χ2n) is 11.2. The Morgan fingerprint density at radius 3 is 1.82 bits per heavy atom. The second-order valence-corrected chi connectivity index (χ2v) is 11.2. The molecule has 0 unspecified atom stereocenters. The summed E-state index contributed by atoms with van der Waals surface area (Å²) in [5, 5.41) is 7.58. The van der Waals surface area contributed by atoms with E-state index in [-0.39, 0.29) is 0 Å². The second kappa shape index (κ2) is 10.5. The van der Waals surface area contributed by atoms with Crippen molar-refractivity contribution in [1.82, 2.24) is 0 Å². The summed E-state index contributed by atoms with van der Waals surface area (Å²) in [5.74, 6) is 0. The summed E-state index contributed by atoms with van der Waals surface area (Å²) < 4.78 is 0. The van der Waals surface area contributed by atoms with Gasteiger partial charge in [-0.05, 0) is 99.5 Å². The molecule has 0 aromatic heterocycles. The summed E-state index contributed by atoms with van der Waals surface area (Å²) in [6.07, 6.45) is 16.1. The van der Waals surface area contributed by atoms with Crippen LogP contribution in [0.4, 0.5) is 11.4 Å². The molecule has 3 aliphatic rings. The van der Waals surface area contributed by atoms with E-state index in [1.54, 1.807) is 0 Å². The standard InChI is InChI=1S/C38H34N2/c1-3-5-7-25-9-17-29(18-10-25)39-31-21-22-32-33(23-31)38-35(40-30-19-11-26(12-20-30)8-6-4-2)24-34(32)36-27-13-15-28(16-14-27)37(36)38/h9-20H,3-8,21,24H2,1-2H3. The van der Waals surface area contributed by atoms with Crippen molar-refractivity contribution in [3.63, 3.8) is 0 Å². The van der Waals surface area contributed by atoms with Gasteiger partial charge in [0.25, 0.3) is 0 Å². The van der Waals surface area contributed by atoms with E-state index in [9.17, 15) is 0 Å². The molecule has 2 nitrogen and oxygen atoms in total. The van der Waals surface area contributed by atoms with E-state index in [1.807, 2.05) is 0 Å². The molecule has 196 valence electrons. The van der Waals surface area contributed by atoms with Gasteiger partial charge < -0.3 is 0 Å².